The summed E-state index contributed by atoms with van der Waals surface area (Å²) in [6.45, 7) is 0.709. The summed E-state index contributed by atoms with van der Waals surface area (Å²) in [7, 11) is 3.94. The molecular weight excluding hydrogens is 437 g/mol. The number of benzene rings is 2. The van der Waals surface area contributed by atoms with Gasteiger partial charge in [-0.05, 0) is 48.4 Å². The maximum Gasteiger partial charge on any atom is 0.335 e. The molecule has 6 nitrogen and oxygen atoms in total. The maximum atomic E-state index is 12.7. The number of hydrogen-bond donors (Lipinski definition) is 2. The van der Waals surface area contributed by atoms with Crippen LogP contribution in [0, 0.1) is 0 Å². The second-order valence-corrected chi connectivity index (χ2v) is 8.11. The molecule has 0 fully saturated rings. The number of anilines is 2. The number of aromatic carboxylic acids is 1. The lowest BCUT2D eigenvalue weighted by atomic mass is 10.1. The fourth-order valence-electron chi connectivity index (χ4n) is 3.19. The van der Waals surface area contributed by atoms with E-state index in [-0.39, 0.29) is 16.1 Å². The zero-order valence-corrected chi connectivity index (χ0v) is 18.7. The highest BCUT2D eigenvalue weighted by atomic mass is 35.5. The minimum absolute atomic E-state index is 0.0598. The van der Waals surface area contributed by atoms with Gasteiger partial charge in [0.1, 0.15) is 5.02 Å². The molecule has 0 aliphatic carbocycles. The normalized spacial score (nSPS) is 10.7. The second-order valence-electron chi connectivity index (χ2n) is 7.29. The Morgan fingerprint density at radius 1 is 1.06 bits per heavy atom. The van der Waals surface area contributed by atoms with Crippen molar-refractivity contribution in [3.05, 3.63) is 91.8 Å². The summed E-state index contributed by atoms with van der Waals surface area (Å²) >= 11 is 12.5. The first-order chi connectivity index (χ1) is 14.8. The van der Waals surface area contributed by atoms with Crippen molar-refractivity contribution >= 4 is 40.5 Å². The van der Waals surface area contributed by atoms with Crippen LogP contribution in [0.3, 0.4) is 0 Å². The van der Waals surface area contributed by atoms with Crippen molar-refractivity contribution in [2.45, 2.75) is 19.5 Å². The second kappa shape index (κ2) is 9.90. The summed E-state index contributed by atoms with van der Waals surface area (Å²) in [5, 5.41) is 12.8. The molecule has 0 bridgehead atoms. The third-order valence-corrected chi connectivity index (χ3v) is 5.55. The van der Waals surface area contributed by atoms with Gasteiger partial charge in [0, 0.05) is 32.0 Å². The molecule has 31 heavy (non-hydrogen) atoms. The van der Waals surface area contributed by atoms with Crippen LogP contribution < -0.4 is 15.8 Å². The van der Waals surface area contributed by atoms with E-state index in [2.05, 4.69) is 5.32 Å². The number of pyridine rings is 1. The Hall–Kier alpha value is -2.96. The molecule has 8 heteroatoms. The Bertz CT molecular complexity index is 1140. The first kappa shape index (κ1) is 22.7. The highest BCUT2D eigenvalue weighted by Crippen LogP contribution is 2.22. The molecule has 0 aliphatic rings. The van der Waals surface area contributed by atoms with E-state index in [1.807, 2.05) is 43.3 Å². The van der Waals surface area contributed by atoms with Crippen LogP contribution in [-0.4, -0.2) is 29.7 Å². The van der Waals surface area contributed by atoms with Crippen LogP contribution in [0.25, 0.3) is 0 Å². The van der Waals surface area contributed by atoms with Crippen LogP contribution >= 0.6 is 23.2 Å². The third-order valence-electron chi connectivity index (χ3n) is 4.95. The molecule has 0 spiro atoms. The average molecular weight is 460 g/mol. The van der Waals surface area contributed by atoms with Crippen LogP contribution in [0.5, 0.6) is 0 Å². The predicted molar refractivity (Wildman–Crippen MR) is 126 cm³/mol. The number of halogens is 2. The quantitative estimate of drug-likeness (QED) is 0.507. The van der Waals surface area contributed by atoms with Gasteiger partial charge in [0.25, 0.3) is 5.56 Å². The van der Waals surface area contributed by atoms with Crippen molar-refractivity contribution in [3.8, 4) is 0 Å². The van der Waals surface area contributed by atoms with E-state index in [1.54, 1.807) is 28.8 Å². The number of aromatic nitrogens is 1. The number of nitrogens with one attached hydrogen (secondary N) is 1. The fourth-order valence-corrected chi connectivity index (χ4v) is 3.73. The molecule has 3 aromatic rings. The number of carboxylic acid groups (broad SMARTS) is 1. The van der Waals surface area contributed by atoms with Gasteiger partial charge in [-0.3, -0.25) is 4.79 Å². The molecule has 3 rings (SSSR count). The molecule has 2 N–H and O–H groups in total. The SMILES string of the molecule is CN(C)c1cccc(NCc2c(Cl)cc(Cl)c(=O)n2CCc2ccc(C(=O)O)cc2)c1. The molecule has 0 radical (unpaired) electrons. The first-order valence-electron chi connectivity index (χ1n) is 9.67. The summed E-state index contributed by atoms with van der Waals surface area (Å²) in [6.07, 6.45) is 0.527. The van der Waals surface area contributed by atoms with Gasteiger partial charge in [-0.2, -0.15) is 0 Å². The minimum Gasteiger partial charge on any atom is -0.478 e. The summed E-state index contributed by atoms with van der Waals surface area (Å²) in [6, 6.07) is 16.0. The van der Waals surface area contributed by atoms with Gasteiger partial charge in [-0.15, -0.1) is 0 Å². The monoisotopic (exact) mass is 459 g/mol. The number of nitrogens with zero attached hydrogens (tertiary/aromatic N) is 2. The number of rotatable bonds is 8. The zero-order valence-electron chi connectivity index (χ0n) is 17.2. The first-order valence-corrected chi connectivity index (χ1v) is 10.4. The molecule has 2 aromatic carbocycles. The lowest BCUT2D eigenvalue weighted by Gasteiger charge is -2.18. The van der Waals surface area contributed by atoms with Crippen LogP contribution in [0.15, 0.2) is 59.4 Å². The molecule has 0 atom stereocenters. The smallest absolute Gasteiger partial charge is 0.335 e. The summed E-state index contributed by atoms with van der Waals surface area (Å²) in [5.41, 5.74) is 3.40. The summed E-state index contributed by atoms with van der Waals surface area (Å²) in [4.78, 5) is 25.7. The minimum atomic E-state index is -0.976. The Morgan fingerprint density at radius 2 is 1.77 bits per heavy atom. The molecule has 1 heterocycles. The van der Waals surface area contributed by atoms with Crippen molar-refractivity contribution < 1.29 is 9.90 Å². The predicted octanol–water partition coefficient (Wildman–Crippen LogP) is 4.77. The molecule has 0 saturated heterocycles. The third kappa shape index (κ3) is 5.60. The number of carboxylic acids is 1. The van der Waals surface area contributed by atoms with E-state index in [4.69, 9.17) is 28.3 Å². The van der Waals surface area contributed by atoms with E-state index in [0.29, 0.717) is 30.2 Å². The van der Waals surface area contributed by atoms with Gasteiger partial charge in [0.2, 0.25) is 0 Å². The Kier molecular flexibility index (Phi) is 7.25. The molecule has 0 unspecified atom stereocenters. The number of hydrogen-bond acceptors (Lipinski definition) is 4. The van der Waals surface area contributed by atoms with Crippen molar-refractivity contribution in [1.82, 2.24) is 4.57 Å². The van der Waals surface area contributed by atoms with Gasteiger partial charge in [0.15, 0.2) is 0 Å². The van der Waals surface area contributed by atoms with Crippen molar-refractivity contribution in [3.63, 3.8) is 0 Å². The lowest BCUT2D eigenvalue weighted by molar-refractivity contribution is 0.0697. The van der Waals surface area contributed by atoms with Gasteiger partial charge in [0.05, 0.1) is 22.8 Å². The van der Waals surface area contributed by atoms with E-state index >= 15 is 0 Å². The summed E-state index contributed by atoms with van der Waals surface area (Å²) < 4.78 is 1.57. The Labute approximate surface area is 190 Å². The van der Waals surface area contributed by atoms with Crippen molar-refractivity contribution in [1.29, 1.82) is 0 Å². The molecule has 0 amide bonds. The van der Waals surface area contributed by atoms with Gasteiger partial charge >= 0.3 is 5.97 Å². The number of carbonyl (C=O) groups is 1. The average Bonchev–Trinajstić information content (AvgIpc) is 2.75. The van der Waals surface area contributed by atoms with E-state index < -0.39 is 5.97 Å². The highest BCUT2D eigenvalue weighted by Gasteiger charge is 2.13. The van der Waals surface area contributed by atoms with Crippen LogP contribution in [-0.2, 0) is 19.5 Å². The lowest BCUT2D eigenvalue weighted by Crippen LogP contribution is -2.26. The molecule has 1 aromatic heterocycles. The van der Waals surface area contributed by atoms with E-state index in [1.165, 1.54) is 6.07 Å². The molecule has 0 aliphatic heterocycles. The van der Waals surface area contributed by atoms with Crippen LogP contribution in [0.1, 0.15) is 21.6 Å². The topological polar surface area (TPSA) is 74.6 Å². The van der Waals surface area contributed by atoms with Gasteiger partial charge < -0.3 is 19.9 Å². The molecular formula is C23H23Cl2N3O3. The van der Waals surface area contributed by atoms with E-state index in [9.17, 15) is 9.59 Å². The highest BCUT2D eigenvalue weighted by molar-refractivity contribution is 6.34. The van der Waals surface area contributed by atoms with Crippen molar-refractivity contribution in [2.75, 3.05) is 24.3 Å². The standard InChI is InChI=1S/C23H23Cl2N3O3/c1-27(2)18-5-3-4-17(12-18)26-14-21-19(24)13-20(25)22(29)28(21)11-10-15-6-8-16(9-7-15)23(30)31/h3-9,12-13,26H,10-11,14H2,1-2H3,(H,30,31). The van der Waals surface area contributed by atoms with Gasteiger partial charge in [-0.1, -0.05) is 41.4 Å². The van der Waals surface area contributed by atoms with Crippen LogP contribution in [0.4, 0.5) is 11.4 Å². The van der Waals surface area contributed by atoms with Gasteiger partial charge in [-0.25, -0.2) is 4.79 Å². The Balaban J connectivity index is 1.82. The van der Waals surface area contributed by atoms with E-state index in [0.717, 1.165) is 16.9 Å². The largest absolute Gasteiger partial charge is 0.478 e. The van der Waals surface area contributed by atoms with Crippen molar-refractivity contribution in [2.24, 2.45) is 0 Å². The fraction of sp³-hybridized carbons (Fsp3) is 0.217. The zero-order chi connectivity index (χ0) is 22.5. The van der Waals surface area contributed by atoms with Crippen LogP contribution in [0.2, 0.25) is 10.0 Å². The number of aryl methyl sites for hydroxylation is 1. The maximum absolute atomic E-state index is 12.7. The summed E-state index contributed by atoms with van der Waals surface area (Å²) in [5.74, 6) is -0.976. The Morgan fingerprint density at radius 3 is 2.42 bits per heavy atom. The molecule has 0 saturated carbocycles. The molecule has 162 valence electrons.